The van der Waals surface area contributed by atoms with Gasteiger partial charge in [-0.1, -0.05) is 13.8 Å². The van der Waals surface area contributed by atoms with Crippen LogP contribution >= 0.6 is 0 Å². The van der Waals surface area contributed by atoms with Crippen molar-refractivity contribution < 1.29 is 4.42 Å². The molecule has 35 heavy (non-hydrogen) atoms. The van der Waals surface area contributed by atoms with Crippen LogP contribution in [0.25, 0.3) is 28.2 Å². The highest BCUT2D eigenvalue weighted by molar-refractivity contribution is 5.78. The second-order valence-corrected chi connectivity index (χ2v) is 9.92. The van der Waals surface area contributed by atoms with Crippen LogP contribution in [0.1, 0.15) is 64.3 Å². The van der Waals surface area contributed by atoms with Crippen LogP contribution in [0.3, 0.4) is 0 Å². The average Bonchev–Trinajstić information content (AvgIpc) is 3.57. The van der Waals surface area contributed by atoms with Gasteiger partial charge in [0.05, 0.1) is 40.4 Å². The van der Waals surface area contributed by atoms with Gasteiger partial charge in [-0.2, -0.15) is 10.4 Å². The van der Waals surface area contributed by atoms with Crippen LogP contribution < -0.4 is 10.6 Å². The van der Waals surface area contributed by atoms with Gasteiger partial charge in [-0.15, -0.1) is 0 Å². The van der Waals surface area contributed by atoms with Gasteiger partial charge in [0.15, 0.2) is 11.7 Å². The van der Waals surface area contributed by atoms with Crippen LogP contribution in [0, 0.1) is 11.3 Å². The molecule has 8 nitrogen and oxygen atoms in total. The lowest BCUT2D eigenvalue weighted by molar-refractivity contribution is 0.433. The fraction of sp³-hybridized carbons (Fsp3) is 0.407. The standard InChI is InChI=1S/C27H31N7O/c1-16(2)32-20-6-5-19(10-20)27-30-15-26(35-27)22-14-29-24(11-23(22)33-17(3)4)25-8-7-21-9-18(12-28)13-31-34(21)25/h7-9,11,13-17,19-20,32H,5-6,10H2,1-4H3,(H,29,33)/t19-,20+/m0/s1. The lowest BCUT2D eigenvalue weighted by Crippen LogP contribution is -2.32. The minimum Gasteiger partial charge on any atom is -0.440 e. The molecule has 8 heteroatoms. The summed E-state index contributed by atoms with van der Waals surface area (Å²) in [4.78, 5) is 9.39. The van der Waals surface area contributed by atoms with Gasteiger partial charge in [-0.25, -0.2) is 9.50 Å². The number of aromatic nitrogens is 4. The molecule has 0 aliphatic heterocycles. The van der Waals surface area contributed by atoms with Gasteiger partial charge >= 0.3 is 0 Å². The monoisotopic (exact) mass is 469 g/mol. The van der Waals surface area contributed by atoms with Crippen molar-refractivity contribution >= 4 is 11.2 Å². The molecule has 0 amide bonds. The van der Waals surface area contributed by atoms with Gasteiger partial charge in [0.25, 0.3) is 0 Å². The van der Waals surface area contributed by atoms with E-state index in [2.05, 4.69) is 54.5 Å². The average molecular weight is 470 g/mol. The first kappa shape index (κ1) is 23.1. The largest absolute Gasteiger partial charge is 0.440 e. The van der Waals surface area contributed by atoms with Gasteiger partial charge in [0, 0.05) is 35.9 Å². The lowest BCUT2D eigenvalue weighted by atomic mass is 10.1. The summed E-state index contributed by atoms with van der Waals surface area (Å²) in [6.45, 7) is 8.58. The first-order valence-corrected chi connectivity index (χ1v) is 12.3. The third-order valence-electron chi connectivity index (χ3n) is 6.38. The zero-order valence-corrected chi connectivity index (χ0v) is 20.6. The topological polar surface area (TPSA) is 104 Å². The molecule has 4 heterocycles. The molecule has 0 radical (unpaired) electrons. The van der Waals surface area contributed by atoms with E-state index in [9.17, 15) is 0 Å². The second kappa shape index (κ2) is 9.51. The lowest BCUT2D eigenvalue weighted by Gasteiger charge is -2.15. The van der Waals surface area contributed by atoms with Crippen molar-refractivity contribution in [3.63, 3.8) is 0 Å². The Hall–Kier alpha value is -3.70. The smallest absolute Gasteiger partial charge is 0.198 e. The molecule has 1 aliphatic rings. The van der Waals surface area contributed by atoms with Crippen molar-refractivity contribution in [2.75, 3.05) is 5.32 Å². The maximum atomic E-state index is 9.16. The van der Waals surface area contributed by atoms with E-state index in [0.29, 0.717) is 23.6 Å². The van der Waals surface area contributed by atoms with Crippen molar-refractivity contribution in [1.82, 2.24) is 24.9 Å². The molecule has 0 saturated heterocycles. The molecule has 0 bridgehead atoms. The van der Waals surface area contributed by atoms with E-state index in [1.165, 1.54) is 0 Å². The van der Waals surface area contributed by atoms with Crippen molar-refractivity contribution in [2.24, 2.45) is 0 Å². The van der Waals surface area contributed by atoms with Crippen LogP contribution in [0.4, 0.5) is 5.69 Å². The number of hydrogen-bond donors (Lipinski definition) is 2. The molecule has 0 spiro atoms. The second-order valence-electron chi connectivity index (χ2n) is 9.92. The summed E-state index contributed by atoms with van der Waals surface area (Å²) in [6.07, 6.45) is 8.50. The van der Waals surface area contributed by atoms with E-state index in [1.54, 1.807) is 10.7 Å². The van der Waals surface area contributed by atoms with Crippen molar-refractivity contribution in [1.29, 1.82) is 5.26 Å². The fourth-order valence-corrected chi connectivity index (χ4v) is 4.91. The first-order chi connectivity index (χ1) is 16.9. The minimum absolute atomic E-state index is 0.226. The maximum Gasteiger partial charge on any atom is 0.198 e. The van der Waals surface area contributed by atoms with Crippen LogP contribution in [0.15, 0.2) is 47.3 Å². The Morgan fingerprint density at radius 3 is 2.69 bits per heavy atom. The normalized spacial score (nSPS) is 18.0. The van der Waals surface area contributed by atoms with Crippen LogP contribution in [-0.2, 0) is 0 Å². The zero-order chi connectivity index (χ0) is 24.5. The highest BCUT2D eigenvalue weighted by atomic mass is 16.4. The van der Waals surface area contributed by atoms with Gasteiger partial charge in [-0.05, 0) is 57.4 Å². The quantitative estimate of drug-likeness (QED) is 0.374. The number of nitriles is 1. The highest BCUT2D eigenvalue weighted by Gasteiger charge is 2.29. The number of rotatable bonds is 7. The minimum atomic E-state index is 0.226. The van der Waals surface area contributed by atoms with Crippen LogP contribution in [-0.4, -0.2) is 37.7 Å². The summed E-state index contributed by atoms with van der Waals surface area (Å²) >= 11 is 0. The van der Waals surface area contributed by atoms with Gasteiger partial charge in [0.2, 0.25) is 0 Å². The molecule has 1 aliphatic carbocycles. The number of hydrogen-bond acceptors (Lipinski definition) is 7. The molecule has 0 aromatic carbocycles. The third kappa shape index (κ3) is 4.77. The summed E-state index contributed by atoms with van der Waals surface area (Å²) in [5.74, 6) is 1.87. The predicted molar refractivity (Wildman–Crippen MR) is 136 cm³/mol. The van der Waals surface area contributed by atoms with E-state index < -0.39 is 0 Å². The predicted octanol–water partition coefficient (Wildman–Crippen LogP) is 5.38. The number of anilines is 1. The Balaban J connectivity index is 1.45. The zero-order valence-electron chi connectivity index (χ0n) is 20.6. The van der Waals surface area contributed by atoms with E-state index in [1.807, 2.05) is 36.7 Å². The Bertz CT molecular complexity index is 1380. The van der Waals surface area contributed by atoms with E-state index in [-0.39, 0.29) is 6.04 Å². The molecular weight excluding hydrogens is 438 g/mol. The number of pyridine rings is 1. The van der Waals surface area contributed by atoms with Crippen molar-refractivity contribution in [3.05, 3.63) is 54.3 Å². The Morgan fingerprint density at radius 1 is 1.06 bits per heavy atom. The molecule has 2 atom stereocenters. The molecule has 0 unspecified atom stereocenters. The summed E-state index contributed by atoms with van der Waals surface area (Å²) in [7, 11) is 0. The Labute approximate surface area is 205 Å². The van der Waals surface area contributed by atoms with Gasteiger partial charge in [-0.3, -0.25) is 4.98 Å². The van der Waals surface area contributed by atoms with Gasteiger partial charge < -0.3 is 15.1 Å². The molecule has 4 aromatic rings. The summed E-state index contributed by atoms with van der Waals surface area (Å²) in [6, 6.07) is 11.1. The number of nitrogens with one attached hydrogen (secondary N) is 2. The summed E-state index contributed by atoms with van der Waals surface area (Å²) < 4.78 is 8.09. The van der Waals surface area contributed by atoms with Crippen LogP contribution in [0.5, 0.6) is 0 Å². The van der Waals surface area contributed by atoms with E-state index >= 15 is 0 Å². The van der Waals surface area contributed by atoms with Gasteiger partial charge in [0.1, 0.15) is 6.07 Å². The molecule has 4 aromatic heterocycles. The van der Waals surface area contributed by atoms with E-state index in [4.69, 9.17) is 14.7 Å². The molecular formula is C27H31N7O. The molecule has 180 valence electrons. The van der Waals surface area contributed by atoms with Crippen molar-refractivity contribution in [2.45, 2.75) is 71.0 Å². The summed E-state index contributed by atoms with van der Waals surface area (Å²) in [5, 5.41) is 20.8. The van der Waals surface area contributed by atoms with Crippen LogP contribution in [0.2, 0.25) is 0 Å². The van der Waals surface area contributed by atoms with Crippen molar-refractivity contribution in [3.8, 4) is 28.8 Å². The fourth-order valence-electron chi connectivity index (χ4n) is 4.91. The molecule has 5 rings (SSSR count). The Kier molecular flexibility index (Phi) is 6.27. The molecule has 1 fully saturated rings. The Morgan fingerprint density at radius 2 is 1.91 bits per heavy atom. The molecule has 2 N–H and O–H groups in total. The number of oxazole rings is 1. The number of nitrogens with zero attached hydrogens (tertiary/aromatic N) is 5. The molecule has 1 saturated carbocycles. The highest BCUT2D eigenvalue weighted by Crippen LogP contribution is 2.38. The SMILES string of the molecule is CC(C)Nc1cc(-c2ccc3cc(C#N)cnn23)ncc1-c1cnc([C@H]2CC[C@@H](NC(C)C)C2)o1. The third-order valence-corrected chi connectivity index (χ3v) is 6.38. The maximum absolute atomic E-state index is 9.16. The van der Waals surface area contributed by atoms with E-state index in [0.717, 1.165) is 59.1 Å². The first-order valence-electron chi connectivity index (χ1n) is 12.3. The summed E-state index contributed by atoms with van der Waals surface area (Å²) in [5.41, 5.74) is 4.84. The number of fused-ring (bicyclic) bond motifs is 1.